The molecule has 3 aromatic heterocycles. The molecule has 0 saturated carbocycles. The number of amides is 1. The molecule has 4 heterocycles. The quantitative estimate of drug-likeness (QED) is 0.417. The number of nitrogens with zero attached hydrogens (tertiary/aromatic N) is 7. The SMILES string of the molecule is CC(O)(C#Cc1ccc2c(C(=O)N3CCOCC3)nn(-c3ccnc(N)n3)c2c1)c1ccncn1. The van der Waals surface area contributed by atoms with Crippen LogP contribution < -0.4 is 5.73 Å². The minimum atomic E-state index is -1.48. The van der Waals surface area contributed by atoms with Crippen LogP contribution >= 0.6 is 0 Å². The van der Waals surface area contributed by atoms with E-state index in [0.717, 1.165) is 0 Å². The lowest BCUT2D eigenvalue weighted by Gasteiger charge is -2.26. The van der Waals surface area contributed by atoms with E-state index in [4.69, 9.17) is 10.5 Å². The van der Waals surface area contributed by atoms with Gasteiger partial charge in [-0.2, -0.15) is 10.1 Å². The Morgan fingerprint density at radius 2 is 2.00 bits per heavy atom. The third kappa shape index (κ3) is 4.52. The summed E-state index contributed by atoms with van der Waals surface area (Å²) in [6.07, 6.45) is 4.43. The van der Waals surface area contributed by atoms with Gasteiger partial charge in [0.05, 0.1) is 24.4 Å². The summed E-state index contributed by atoms with van der Waals surface area (Å²) in [6.45, 7) is 3.52. The molecular weight excluding hydrogens is 448 g/mol. The molecule has 1 atom stereocenters. The van der Waals surface area contributed by atoms with Gasteiger partial charge in [-0.1, -0.05) is 11.8 Å². The number of aromatic nitrogens is 6. The highest BCUT2D eigenvalue weighted by molar-refractivity contribution is 6.05. The van der Waals surface area contributed by atoms with Gasteiger partial charge in [-0.25, -0.2) is 19.6 Å². The molecule has 176 valence electrons. The van der Waals surface area contributed by atoms with Crippen LogP contribution in [0.5, 0.6) is 0 Å². The minimum absolute atomic E-state index is 0.0871. The zero-order valence-corrected chi connectivity index (χ0v) is 18.9. The molecule has 3 N–H and O–H groups in total. The van der Waals surface area contributed by atoms with Crippen LogP contribution in [0.4, 0.5) is 5.95 Å². The van der Waals surface area contributed by atoms with Crippen LogP contribution in [0.25, 0.3) is 16.7 Å². The van der Waals surface area contributed by atoms with Crippen molar-refractivity contribution in [1.82, 2.24) is 34.6 Å². The normalized spacial score (nSPS) is 15.3. The monoisotopic (exact) mass is 470 g/mol. The molecule has 1 aliphatic heterocycles. The van der Waals surface area contributed by atoms with Crippen molar-refractivity contribution in [3.63, 3.8) is 0 Å². The van der Waals surface area contributed by atoms with E-state index in [1.165, 1.54) is 12.5 Å². The van der Waals surface area contributed by atoms with Gasteiger partial charge >= 0.3 is 0 Å². The molecule has 1 saturated heterocycles. The molecule has 1 fully saturated rings. The fourth-order valence-corrected chi connectivity index (χ4v) is 3.76. The molecule has 0 radical (unpaired) electrons. The number of benzene rings is 1. The van der Waals surface area contributed by atoms with Crippen molar-refractivity contribution in [2.75, 3.05) is 32.0 Å². The summed E-state index contributed by atoms with van der Waals surface area (Å²) >= 11 is 0. The van der Waals surface area contributed by atoms with E-state index in [0.29, 0.717) is 60.0 Å². The van der Waals surface area contributed by atoms with Gasteiger partial charge in [0.1, 0.15) is 6.33 Å². The van der Waals surface area contributed by atoms with Gasteiger partial charge in [0.25, 0.3) is 5.91 Å². The average molecular weight is 470 g/mol. The summed E-state index contributed by atoms with van der Waals surface area (Å²) in [5.41, 5.74) is 6.23. The first-order chi connectivity index (χ1) is 16.9. The Hall–Kier alpha value is -4.40. The molecule has 1 amide bonds. The molecule has 1 aromatic carbocycles. The summed E-state index contributed by atoms with van der Waals surface area (Å²) in [5, 5.41) is 16.0. The number of anilines is 1. The number of rotatable bonds is 3. The van der Waals surface area contributed by atoms with Crippen molar-refractivity contribution < 1.29 is 14.6 Å². The Labute approximate surface area is 200 Å². The van der Waals surface area contributed by atoms with Crippen LogP contribution in [0.1, 0.15) is 28.7 Å². The molecule has 4 aromatic rings. The highest BCUT2D eigenvalue weighted by atomic mass is 16.5. The first-order valence-electron chi connectivity index (χ1n) is 10.9. The van der Waals surface area contributed by atoms with Gasteiger partial charge in [0, 0.05) is 42.5 Å². The fourth-order valence-electron chi connectivity index (χ4n) is 3.76. The Bertz CT molecular complexity index is 1450. The Morgan fingerprint density at radius 3 is 2.74 bits per heavy atom. The average Bonchev–Trinajstić information content (AvgIpc) is 3.27. The van der Waals surface area contributed by atoms with Crippen LogP contribution in [-0.4, -0.2) is 71.9 Å². The maximum Gasteiger partial charge on any atom is 0.275 e. The van der Waals surface area contributed by atoms with Crippen LogP contribution in [0.15, 0.2) is 49.1 Å². The zero-order valence-electron chi connectivity index (χ0n) is 18.9. The molecule has 1 unspecified atom stereocenters. The molecule has 0 bridgehead atoms. The maximum atomic E-state index is 13.3. The standard InChI is InChI=1S/C24H22N8O3/c1-24(34,19-5-8-26-15-28-19)7-4-16-2-3-17-18(14-16)32(20-6-9-27-23(25)29-20)30-21(17)22(33)31-10-12-35-13-11-31/h2-3,5-6,8-9,14-15,34H,10-13H2,1H3,(H2,25,27,29). The van der Waals surface area contributed by atoms with E-state index in [2.05, 4.69) is 36.9 Å². The number of nitrogen functional groups attached to an aromatic ring is 1. The van der Waals surface area contributed by atoms with Gasteiger partial charge in [-0.05, 0) is 31.2 Å². The number of nitrogens with two attached hydrogens (primary N) is 1. The van der Waals surface area contributed by atoms with Crippen molar-refractivity contribution in [2.45, 2.75) is 12.5 Å². The number of hydrogen-bond donors (Lipinski definition) is 2. The molecule has 0 spiro atoms. The summed E-state index contributed by atoms with van der Waals surface area (Å²) in [4.78, 5) is 31.2. The Balaban J connectivity index is 1.60. The predicted octanol–water partition coefficient (Wildman–Crippen LogP) is 0.919. The molecule has 35 heavy (non-hydrogen) atoms. The van der Waals surface area contributed by atoms with Gasteiger partial charge in [0.15, 0.2) is 17.1 Å². The van der Waals surface area contributed by atoms with Crippen molar-refractivity contribution in [3.8, 4) is 17.7 Å². The van der Waals surface area contributed by atoms with Crippen LogP contribution in [0.3, 0.4) is 0 Å². The van der Waals surface area contributed by atoms with Gasteiger partial charge < -0.3 is 20.5 Å². The minimum Gasteiger partial charge on any atom is -0.378 e. The summed E-state index contributed by atoms with van der Waals surface area (Å²) in [7, 11) is 0. The van der Waals surface area contributed by atoms with E-state index in [-0.39, 0.29) is 11.9 Å². The first kappa shape index (κ1) is 22.4. The van der Waals surface area contributed by atoms with E-state index in [9.17, 15) is 9.90 Å². The third-order valence-corrected chi connectivity index (χ3v) is 5.59. The van der Waals surface area contributed by atoms with E-state index in [1.807, 2.05) is 0 Å². The largest absolute Gasteiger partial charge is 0.378 e. The Morgan fingerprint density at radius 1 is 1.17 bits per heavy atom. The molecular formula is C24H22N8O3. The highest BCUT2D eigenvalue weighted by Crippen LogP contribution is 2.25. The first-order valence-corrected chi connectivity index (χ1v) is 10.9. The van der Waals surface area contributed by atoms with E-state index >= 15 is 0 Å². The number of morpholine rings is 1. The van der Waals surface area contributed by atoms with Crippen LogP contribution in [-0.2, 0) is 10.3 Å². The van der Waals surface area contributed by atoms with Gasteiger partial charge in [-0.3, -0.25) is 4.79 Å². The number of hydrogen-bond acceptors (Lipinski definition) is 9. The van der Waals surface area contributed by atoms with Crippen molar-refractivity contribution in [3.05, 3.63) is 66.0 Å². The fraction of sp³-hybridized carbons (Fsp3) is 0.250. The molecule has 11 nitrogen and oxygen atoms in total. The molecule has 11 heteroatoms. The second kappa shape index (κ2) is 9.09. The zero-order chi connectivity index (χ0) is 24.4. The van der Waals surface area contributed by atoms with Crippen LogP contribution in [0, 0.1) is 11.8 Å². The smallest absolute Gasteiger partial charge is 0.275 e. The lowest BCUT2D eigenvalue weighted by molar-refractivity contribution is 0.0300. The highest BCUT2D eigenvalue weighted by Gasteiger charge is 2.25. The van der Waals surface area contributed by atoms with Crippen molar-refractivity contribution >= 4 is 22.8 Å². The third-order valence-electron chi connectivity index (χ3n) is 5.59. The predicted molar refractivity (Wildman–Crippen MR) is 126 cm³/mol. The lowest BCUT2D eigenvalue weighted by atomic mass is 10.0. The number of fused-ring (bicyclic) bond motifs is 1. The number of carbonyl (C=O) groups is 1. The molecule has 0 aliphatic carbocycles. The lowest BCUT2D eigenvalue weighted by Crippen LogP contribution is -2.41. The molecule has 1 aliphatic rings. The van der Waals surface area contributed by atoms with E-state index in [1.54, 1.807) is 53.0 Å². The number of aliphatic hydroxyl groups is 1. The number of carbonyl (C=O) groups excluding carboxylic acids is 1. The summed E-state index contributed by atoms with van der Waals surface area (Å²) < 4.78 is 6.92. The van der Waals surface area contributed by atoms with Gasteiger partial charge in [-0.15, -0.1) is 0 Å². The maximum absolute atomic E-state index is 13.3. The van der Waals surface area contributed by atoms with Crippen molar-refractivity contribution in [2.24, 2.45) is 0 Å². The van der Waals surface area contributed by atoms with E-state index < -0.39 is 5.60 Å². The second-order valence-electron chi connectivity index (χ2n) is 8.09. The van der Waals surface area contributed by atoms with Crippen LogP contribution in [0.2, 0.25) is 0 Å². The summed E-state index contributed by atoms with van der Waals surface area (Å²) in [5.74, 6) is 6.17. The van der Waals surface area contributed by atoms with Gasteiger partial charge in [0.2, 0.25) is 5.95 Å². The van der Waals surface area contributed by atoms with Crippen molar-refractivity contribution in [1.29, 1.82) is 0 Å². The second-order valence-corrected chi connectivity index (χ2v) is 8.09. The number of ether oxygens (including phenoxy) is 1. The molecule has 5 rings (SSSR count). The summed E-state index contributed by atoms with van der Waals surface area (Å²) in [6, 6.07) is 8.63. The Kier molecular flexibility index (Phi) is 5.82. The topological polar surface area (TPSA) is 145 Å².